The van der Waals surface area contributed by atoms with E-state index in [1.54, 1.807) is 10.9 Å². The summed E-state index contributed by atoms with van der Waals surface area (Å²) >= 11 is 0. The highest BCUT2D eigenvalue weighted by atomic mass is 16.5. The van der Waals surface area contributed by atoms with Gasteiger partial charge < -0.3 is 15.4 Å². The molecule has 1 aromatic heterocycles. The van der Waals surface area contributed by atoms with Crippen LogP contribution in [-0.4, -0.2) is 47.0 Å². The number of amides is 2. The molecule has 2 N–H and O–H groups in total. The van der Waals surface area contributed by atoms with Crippen LogP contribution in [0.3, 0.4) is 0 Å². The van der Waals surface area contributed by atoms with Crippen LogP contribution in [0.5, 0.6) is 0 Å². The average molecular weight is 343 g/mol. The Labute approximate surface area is 148 Å². The van der Waals surface area contributed by atoms with E-state index in [1.165, 1.54) is 5.56 Å². The molecule has 1 fully saturated rings. The molecule has 134 valence electrons. The molecular formula is C18H25N5O2. The first kappa shape index (κ1) is 17.4. The van der Waals surface area contributed by atoms with Crippen LogP contribution in [0.2, 0.25) is 0 Å². The lowest BCUT2D eigenvalue weighted by molar-refractivity contribution is 0.0198. The molecule has 0 aliphatic carbocycles. The van der Waals surface area contributed by atoms with Gasteiger partial charge in [-0.2, -0.15) is 5.10 Å². The second-order valence-electron chi connectivity index (χ2n) is 6.28. The summed E-state index contributed by atoms with van der Waals surface area (Å²) in [5, 5.41) is 9.75. The minimum Gasteiger partial charge on any atom is -0.379 e. The minimum atomic E-state index is -0.224. The van der Waals surface area contributed by atoms with E-state index in [9.17, 15) is 4.79 Å². The van der Waals surface area contributed by atoms with Crippen molar-refractivity contribution in [3.8, 4) is 0 Å². The van der Waals surface area contributed by atoms with Crippen LogP contribution in [0.4, 0.5) is 10.5 Å². The average Bonchev–Trinajstić information content (AvgIpc) is 3.06. The first-order chi connectivity index (χ1) is 12.1. The Morgan fingerprint density at radius 2 is 2.00 bits per heavy atom. The zero-order valence-corrected chi connectivity index (χ0v) is 14.7. The number of hydrogen-bond donors (Lipinski definition) is 2. The lowest BCUT2D eigenvalue weighted by atomic mass is 10.1. The van der Waals surface area contributed by atoms with Crippen LogP contribution in [0.25, 0.3) is 0 Å². The van der Waals surface area contributed by atoms with Crippen LogP contribution in [0, 0.1) is 0 Å². The van der Waals surface area contributed by atoms with Gasteiger partial charge >= 0.3 is 6.03 Å². The van der Waals surface area contributed by atoms with Crippen molar-refractivity contribution in [3.63, 3.8) is 0 Å². The topological polar surface area (TPSA) is 71.4 Å². The van der Waals surface area contributed by atoms with Gasteiger partial charge in [0.15, 0.2) is 0 Å². The fourth-order valence-electron chi connectivity index (χ4n) is 2.94. The molecule has 0 radical (unpaired) electrons. The summed E-state index contributed by atoms with van der Waals surface area (Å²) in [5.41, 5.74) is 2.98. The monoisotopic (exact) mass is 343 g/mol. The molecule has 1 aliphatic heterocycles. The van der Waals surface area contributed by atoms with Gasteiger partial charge in [-0.3, -0.25) is 9.58 Å². The van der Waals surface area contributed by atoms with Crippen LogP contribution >= 0.6 is 0 Å². The molecule has 0 spiro atoms. The summed E-state index contributed by atoms with van der Waals surface area (Å²) in [6, 6.07) is 8.13. The molecule has 1 atom stereocenters. The van der Waals surface area contributed by atoms with Gasteiger partial charge in [0, 0.05) is 50.2 Å². The van der Waals surface area contributed by atoms with E-state index in [0.717, 1.165) is 37.6 Å². The maximum Gasteiger partial charge on any atom is 0.319 e. The van der Waals surface area contributed by atoms with Crippen molar-refractivity contribution in [1.82, 2.24) is 20.0 Å². The highest BCUT2D eigenvalue weighted by Gasteiger charge is 2.18. The third-order valence-corrected chi connectivity index (χ3v) is 4.46. The number of ether oxygens (including phenoxy) is 1. The summed E-state index contributed by atoms with van der Waals surface area (Å²) in [4.78, 5) is 14.4. The second-order valence-corrected chi connectivity index (χ2v) is 6.28. The number of aryl methyl sites for hydroxylation is 1. The number of benzene rings is 1. The summed E-state index contributed by atoms with van der Waals surface area (Å²) in [5.74, 6) is 0. The van der Waals surface area contributed by atoms with Crippen LogP contribution < -0.4 is 10.6 Å². The fraction of sp³-hybridized carbons (Fsp3) is 0.444. The summed E-state index contributed by atoms with van der Waals surface area (Å²) < 4.78 is 7.12. The molecule has 1 aliphatic rings. The van der Waals surface area contributed by atoms with Crippen molar-refractivity contribution < 1.29 is 9.53 Å². The predicted molar refractivity (Wildman–Crippen MR) is 96.3 cm³/mol. The van der Waals surface area contributed by atoms with Gasteiger partial charge in [0.25, 0.3) is 0 Å². The number of carbonyl (C=O) groups excluding carboxylic acids is 1. The number of nitrogens with one attached hydrogen (secondary N) is 2. The van der Waals surface area contributed by atoms with E-state index in [0.29, 0.717) is 12.6 Å². The number of nitrogens with zero attached hydrogens (tertiary/aromatic N) is 3. The smallest absolute Gasteiger partial charge is 0.319 e. The maximum atomic E-state index is 12.0. The summed E-state index contributed by atoms with van der Waals surface area (Å²) in [6.07, 6.45) is 3.62. The first-order valence-corrected chi connectivity index (χ1v) is 8.56. The number of carbonyl (C=O) groups is 1. The number of anilines is 1. The molecular weight excluding hydrogens is 318 g/mol. The van der Waals surface area contributed by atoms with E-state index < -0.39 is 0 Å². The lowest BCUT2D eigenvalue weighted by Gasteiger charge is -2.32. The second kappa shape index (κ2) is 8.13. The van der Waals surface area contributed by atoms with Crippen molar-refractivity contribution in [2.75, 3.05) is 31.6 Å². The van der Waals surface area contributed by atoms with E-state index in [4.69, 9.17) is 4.74 Å². The molecule has 3 rings (SSSR count). The third kappa shape index (κ3) is 4.80. The van der Waals surface area contributed by atoms with Gasteiger partial charge in [0.1, 0.15) is 0 Å². The third-order valence-electron chi connectivity index (χ3n) is 4.46. The van der Waals surface area contributed by atoms with Gasteiger partial charge in [0.05, 0.1) is 19.4 Å². The van der Waals surface area contributed by atoms with Gasteiger partial charge in [-0.1, -0.05) is 12.1 Å². The quantitative estimate of drug-likeness (QED) is 0.872. The number of rotatable bonds is 5. The van der Waals surface area contributed by atoms with Gasteiger partial charge in [-0.25, -0.2) is 4.79 Å². The van der Waals surface area contributed by atoms with E-state index in [-0.39, 0.29) is 6.03 Å². The fourth-order valence-corrected chi connectivity index (χ4v) is 2.94. The van der Waals surface area contributed by atoms with Crippen molar-refractivity contribution in [2.45, 2.75) is 19.5 Å². The zero-order valence-electron chi connectivity index (χ0n) is 14.7. The number of morpholine rings is 1. The van der Waals surface area contributed by atoms with E-state index in [2.05, 4.69) is 39.7 Å². The highest BCUT2D eigenvalue weighted by Crippen LogP contribution is 2.22. The SMILES string of the molecule is C[C@H](c1ccc(NC(=O)NCc2cnn(C)c2)cc1)N1CCOCC1. The normalized spacial score (nSPS) is 16.4. The van der Waals surface area contributed by atoms with Crippen molar-refractivity contribution in [2.24, 2.45) is 7.05 Å². The number of urea groups is 1. The van der Waals surface area contributed by atoms with E-state index >= 15 is 0 Å². The molecule has 25 heavy (non-hydrogen) atoms. The summed E-state index contributed by atoms with van der Waals surface area (Å²) in [6.45, 7) is 6.15. The molecule has 0 bridgehead atoms. The Kier molecular flexibility index (Phi) is 5.67. The van der Waals surface area contributed by atoms with Crippen molar-refractivity contribution in [3.05, 3.63) is 47.8 Å². The van der Waals surface area contributed by atoms with Gasteiger partial charge in [0.2, 0.25) is 0 Å². The number of hydrogen-bond acceptors (Lipinski definition) is 4. The molecule has 0 unspecified atom stereocenters. The number of aromatic nitrogens is 2. The van der Waals surface area contributed by atoms with Crippen LogP contribution in [-0.2, 0) is 18.3 Å². The van der Waals surface area contributed by atoms with Gasteiger partial charge in [-0.05, 0) is 24.6 Å². The summed E-state index contributed by atoms with van der Waals surface area (Å²) in [7, 11) is 1.85. The molecule has 7 nitrogen and oxygen atoms in total. The standard InChI is InChI=1S/C18H25N5O2/c1-14(23-7-9-25-10-8-23)16-3-5-17(6-4-16)21-18(24)19-11-15-12-20-22(2)13-15/h3-6,12-14H,7-11H2,1-2H3,(H2,19,21,24)/t14-/m1/s1. The van der Waals surface area contributed by atoms with E-state index in [1.807, 2.05) is 25.4 Å². The molecule has 2 aromatic rings. The Hall–Kier alpha value is -2.38. The highest BCUT2D eigenvalue weighted by molar-refractivity contribution is 5.89. The molecule has 2 heterocycles. The largest absolute Gasteiger partial charge is 0.379 e. The van der Waals surface area contributed by atoms with Crippen LogP contribution in [0.1, 0.15) is 24.1 Å². The molecule has 7 heteroatoms. The Balaban J connectivity index is 1.50. The molecule has 0 saturated carbocycles. The molecule has 2 amide bonds. The Morgan fingerprint density at radius 1 is 1.28 bits per heavy atom. The maximum absolute atomic E-state index is 12.0. The zero-order chi connectivity index (χ0) is 17.6. The first-order valence-electron chi connectivity index (χ1n) is 8.56. The van der Waals surface area contributed by atoms with Crippen molar-refractivity contribution >= 4 is 11.7 Å². The predicted octanol–water partition coefficient (Wildman–Crippen LogP) is 2.13. The Morgan fingerprint density at radius 3 is 2.64 bits per heavy atom. The van der Waals surface area contributed by atoms with Crippen molar-refractivity contribution in [1.29, 1.82) is 0 Å². The Bertz CT molecular complexity index is 692. The van der Waals surface area contributed by atoms with Crippen LogP contribution in [0.15, 0.2) is 36.7 Å². The molecule has 1 aromatic carbocycles. The minimum absolute atomic E-state index is 0.224. The molecule has 1 saturated heterocycles. The lowest BCUT2D eigenvalue weighted by Crippen LogP contribution is -2.38. The van der Waals surface area contributed by atoms with Gasteiger partial charge in [-0.15, -0.1) is 0 Å².